The third kappa shape index (κ3) is 2.51. The van der Waals surface area contributed by atoms with Crippen LogP contribution in [0, 0.1) is 0 Å². The van der Waals surface area contributed by atoms with Crippen LogP contribution in [0.4, 0.5) is 0 Å². The Morgan fingerprint density at radius 3 is 3.19 bits per heavy atom. The molecule has 2 atom stereocenters. The molecule has 6 bridgehead atoms. The second-order valence-corrected chi connectivity index (χ2v) is 8.57. The molecule has 0 aromatic rings. The number of halogens is 1. The van der Waals surface area contributed by atoms with Crippen LogP contribution in [-0.2, 0) is 9.53 Å². The van der Waals surface area contributed by atoms with Crippen molar-refractivity contribution in [3.8, 4) is 0 Å². The third-order valence-corrected chi connectivity index (χ3v) is 7.14. The number of fused-ring (bicyclic) bond motifs is 4. The molecule has 0 saturated carbocycles. The summed E-state index contributed by atoms with van der Waals surface area (Å²) in [6.07, 6.45) is 8.98. The Kier molecular flexibility index (Phi) is 3.71. The van der Waals surface area contributed by atoms with Crippen molar-refractivity contribution in [1.29, 1.82) is 0 Å². The Hall–Kier alpha value is -0.590. The number of Topliss-reactive ketones (excluding diaryl/α,β-unsaturated/α-hetero) is 1. The van der Waals surface area contributed by atoms with Crippen molar-refractivity contribution in [1.82, 2.24) is 4.90 Å². The van der Waals surface area contributed by atoms with Gasteiger partial charge >= 0.3 is 0 Å². The van der Waals surface area contributed by atoms with E-state index in [1.807, 2.05) is 0 Å². The minimum absolute atomic E-state index is 0.196. The number of rotatable bonds is 0. The Morgan fingerprint density at radius 1 is 1.38 bits per heavy atom. The molecule has 0 N–H and O–H groups in total. The van der Waals surface area contributed by atoms with Crippen LogP contribution in [0.3, 0.4) is 0 Å². The number of carbonyl (C=O) groups excluding carboxylic acids is 1. The lowest BCUT2D eigenvalue weighted by Gasteiger charge is -2.34. The number of hydrogen-bond donors (Lipinski definition) is 0. The van der Waals surface area contributed by atoms with E-state index in [-0.39, 0.29) is 32.6 Å². The SMILES string of the molecule is CN1CCCC2=C3C=CI=C2O[C@@H]2CC(=CCC2=O)[C@H]1C3. The number of carbonyl (C=O) groups is 1. The van der Waals surface area contributed by atoms with Crippen LogP contribution in [0.25, 0.3) is 0 Å². The smallest absolute Gasteiger partial charge is 0.166 e. The highest BCUT2D eigenvalue weighted by Crippen LogP contribution is 2.38. The average Bonchev–Trinajstić information content (AvgIpc) is 2.48. The molecule has 0 unspecified atom stereocenters. The standard InChI is InChI=1S/C17H20INO2/c1-19-8-2-3-13-11-6-7-18-17(13)21-16-10-12(14(19)9-11)4-5-15(16)20/h4,6-7,14,16H,2-3,5,8-10H2,1H3/t14-,16-/m1/s1. The van der Waals surface area contributed by atoms with E-state index in [0.717, 1.165) is 25.8 Å². The van der Waals surface area contributed by atoms with E-state index < -0.39 is 0 Å². The number of allylic oxidation sites excluding steroid dienone is 2. The Bertz CT molecular complexity index is 614. The molecule has 112 valence electrons. The summed E-state index contributed by atoms with van der Waals surface area (Å²) in [6, 6.07) is 0.440. The molecule has 4 rings (SSSR count). The molecule has 4 heteroatoms. The molecule has 0 spiro atoms. The summed E-state index contributed by atoms with van der Waals surface area (Å²) in [4.78, 5) is 14.7. The molecule has 0 aromatic heterocycles. The minimum atomic E-state index is -0.227. The molecule has 0 radical (unpaired) electrons. The van der Waals surface area contributed by atoms with Crippen molar-refractivity contribution in [2.24, 2.45) is 0 Å². The summed E-state index contributed by atoms with van der Waals surface area (Å²) < 4.78 is 9.73. The minimum Gasteiger partial charge on any atom is -0.328 e. The molecule has 0 aromatic carbocycles. The summed E-state index contributed by atoms with van der Waals surface area (Å²) in [5.74, 6) is 0.258. The van der Waals surface area contributed by atoms with Gasteiger partial charge in [-0.05, 0) is 48.1 Å². The van der Waals surface area contributed by atoms with E-state index in [9.17, 15) is 4.79 Å². The lowest BCUT2D eigenvalue weighted by atomic mass is 9.86. The maximum Gasteiger partial charge on any atom is 0.166 e. The molecule has 0 amide bonds. The fraction of sp³-hybridized carbons (Fsp3) is 0.529. The largest absolute Gasteiger partial charge is 0.328 e. The molecule has 0 fully saturated rings. The van der Waals surface area contributed by atoms with Gasteiger partial charge in [0.25, 0.3) is 0 Å². The van der Waals surface area contributed by atoms with Crippen molar-refractivity contribution in [3.63, 3.8) is 0 Å². The summed E-state index contributed by atoms with van der Waals surface area (Å²) in [7, 11) is 2.23. The summed E-state index contributed by atoms with van der Waals surface area (Å²) in [5, 5.41) is 0. The van der Waals surface area contributed by atoms with E-state index in [1.165, 1.54) is 26.8 Å². The lowest BCUT2D eigenvalue weighted by molar-refractivity contribution is -0.125. The summed E-state index contributed by atoms with van der Waals surface area (Å²) >= 11 is -0.196. The van der Waals surface area contributed by atoms with Gasteiger partial charge in [0, 0.05) is 18.9 Å². The van der Waals surface area contributed by atoms with Crippen LogP contribution in [0.1, 0.15) is 32.1 Å². The van der Waals surface area contributed by atoms with Gasteiger partial charge < -0.3 is 4.74 Å². The van der Waals surface area contributed by atoms with Crippen molar-refractivity contribution in [2.45, 2.75) is 44.2 Å². The van der Waals surface area contributed by atoms with Gasteiger partial charge in [0.2, 0.25) is 0 Å². The maximum atomic E-state index is 12.2. The van der Waals surface area contributed by atoms with Crippen LogP contribution < -0.4 is 0 Å². The number of nitrogens with zero attached hydrogens (tertiary/aromatic N) is 1. The molecule has 21 heavy (non-hydrogen) atoms. The topological polar surface area (TPSA) is 29.5 Å². The number of ketones is 1. The first-order valence-corrected chi connectivity index (χ1v) is 10.0. The Balaban J connectivity index is 1.86. The highest BCUT2D eigenvalue weighted by atomic mass is 127. The Labute approximate surface area is 135 Å². The van der Waals surface area contributed by atoms with Gasteiger partial charge in [-0.1, -0.05) is 38.5 Å². The first kappa shape index (κ1) is 14.0. The van der Waals surface area contributed by atoms with E-state index in [1.54, 1.807) is 0 Å². The average molecular weight is 397 g/mol. The van der Waals surface area contributed by atoms with Crippen molar-refractivity contribution >= 4 is 30.2 Å². The van der Waals surface area contributed by atoms with Crippen molar-refractivity contribution < 1.29 is 9.53 Å². The quantitative estimate of drug-likeness (QED) is 0.465. The zero-order valence-electron chi connectivity index (χ0n) is 12.3. The molecular weight excluding hydrogens is 377 g/mol. The number of hydrogen-bond acceptors (Lipinski definition) is 3. The summed E-state index contributed by atoms with van der Waals surface area (Å²) in [6.45, 7) is 1.13. The van der Waals surface area contributed by atoms with Gasteiger partial charge in [0.15, 0.2) is 5.78 Å². The fourth-order valence-corrected chi connectivity index (χ4v) is 6.11. The zero-order valence-corrected chi connectivity index (χ0v) is 14.4. The van der Waals surface area contributed by atoms with Gasteiger partial charge in [0.05, 0.1) is 0 Å². The van der Waals surface area contributed by atoms with Crippen LogP contribution in [0.5, 0.6) is 0 Å². The highest BCUT2D eigenvalue weighted by Gasteiger charge is 2.35. The Morgan fingerprint density at radius 2 is 2.29 bits per heavy atom. The second-order valence-electron chi connectivity index (χ2n) is 6.24. The van der Waals surface area contributed by atoms with Crippen LogP contribution >= 0.6 is 20.7 Å². The predicted octanol–water partition coefficient (Wildman–Crippen LogP) is 3.08. The van der Waals surface area contributed by atoms with Gasteiger partial charge in [-0.2, -0.15) is 0 Å². The molecule has 1 aliphatic carbocycles. The van der Waals surface area contributed by atoms with E-state index in [0.29, 0.717) is 12.5 Å². The lowest BCUT2D eigenvalue weighted by Crippen LogP contribution is -2.38. The van der Waals surface area contributed by atoms with E-state index >= 15 is 0 Å². The molecule has 3 nitrogen and oxygen atoms in total. The van der Waals surface area contributed by atoms with Gasteiger partial charge in [-0.25, -0.2) is 0 Å². The molecule has 4 aliphatic rings. The van der Waals surface area contributed by atoms with Gasteiger partial charge in [-0.3, -0.25) is 9.69 Å². The highest BCUT2D eigenvalue weighted by molar-refractivity contribution is 14.2. The normalized spacial score (nSPS) is 33.1. The van der Waals surface area contributed by atoms with E-state index in [2.05, 4.69) is 28.2 Å². The molecule has 3 aliphatic heterocycles. The van der Waals surface area contributed by atoms with Gasteiger partial charge in [0.1, 0.15) is 9.80 Å². The van der Waals surface area contributed by atoms with Crippen molar-refractivity contribution in [3.05, 3.63) is 33.0 Å². The molecular formula is C17H20INO2. The maximum absolute atomic E-state index is 12.2. The van der Waals surface area contributed by atoms with Crippen LogP contribution in [0.15, 0.2) is 33.0 Å². The van der Waals surface area contributed by atoms with Crippen LogP contribution in [0.2, 0.25) is 0 Å². The van der Waals surface area contributed by atoms with E-state index in [4.69, 9.17) is 4.74 Å². The fourth-order valence-electron chi connectivity index (χ4n) is 3.72. The monoisotopic (exact) mass is 397 g/mol. The first-order chi connectivity index (χ1) is 10.2. The second kappa shape index (κ2) is 5.56. The predicted molar refractivity (Wildman–Crippen MR) is 92.7 cm³/mol. The first-order valence-electron chi connectivity index (χ1n) is 7.70. The third-order valence-electron chi connectivity index (χ3n) is 4.95. The molecule has 3 heterocycles. The van der Waals surface area contributed by atoms with Crippen LogP contribution in [-0.4, -0.2) is 40.1 Å². The zero-order chi connectivity index (χ0) is 14.4. The number of likely N-dealkylation sites (N-methyl/N-ethyl adjacent to an activating group) is 1. The molecule has 0 saturated heterocycles. The van der Waals surface area contributed by atoms with Gasteiger partial charge in [-0.15, -0.1) is 0 Å². The van der Waals surface area contributed by atoms with Crippen molar-refractivity contribution in [2.75, 3.05) is 13.6 Å². The number of ether oxygens (including phenoxy) is 1. The summed E-state index contributed by atoms with van der Waals surface area (Å²) in [5.41, 5.74) is 4.30.